The molecule has 3 rings (SSSR count). The Bertz CT molecular complexity index is 681. The Morgan fingerprint density at radius 1 is 1.22 bits per heavy atom. The van der Waals surface area contributed by atoms with Crippen molar-refractivity contribution in [1.29, 1.82) is 0 Å². The average molecular weight is 331 g/mol. The molecule has 1 unspecified atom stereocenters. The molecular formula is C16H17N3O3S. The number of pyridine rings is 1. The smallest absolute Gasteiger partial charge is 0.263 e. The van der Waals surface area contributed by atoms with E-state index in [2.05, 4.69) is 15.6 Å². The van der Waals surface area contributed by atoms with E-state index >= 15 is 0 Å². The van der Waals surface area contributed by atoms with Crippen molar-refractivity contribution in [2.45, 2.75) is 18.9 Å². The van der Waals surface area contributed by atoms with Gasteiger partial charge in [-0.3, -0.25) is 14.6 Å². The van der Waals surface area contributed by atoms with E-state index in [0.29, 0.717) is 22.7 Å². The molecule has 2 N–H and O–H groups in total. The summed E-state index contributed by atoms with van der Waals surface area (Å²) < 4.78 is 5.37. The van der Waals surface area contributed by atoms with Gasteiger partial charge in [0.2, 0.25) is 0 Å². The molecule has 2 amide bonds. The predicted octanol–water partition coefficient (Wildman–Crippen LogP) is 2.30. The van der Waals surface area contributed by atoms with E-state index in [1.54, 1.807) is 36.0 Å². The summed E-state index contributed by atoms with van der Waals surface area (Å²) in [5.74, 6) is -0.443. The summed E-state index contributed by atoms with van der Waals surface area (Å²) >= 11 is 1.30. The number of thiophene rings is 1. The van der Waals surface area contributed by atoms with Crippen LogP contribution >= 0.6 is 11.3 Å². The maximum absolute atomic E-state index is 12.4. The largest absolute Gasteiger partial charge is 0.379 e. The van der Waals surface area contributed by atoms with Gasteiger partial charge in [0, 0.05) is 24.6 Å². The second-order valence-electron chi connectivity index (χ2n) is 5.24. The Balaban J connectivity index is 1.67. The molecule has 2 aromatic rings. The van der Waals surface area contributed by atoms with Crippen molar-refractivity contribution in [3.63, 3.8) is 0 Å². The molecule has 0 aliphatic carbocycles. The Labute approximate surface area is 137 Å². The number of carbonyl (C=O) groups is 2. The molecule has 1 atom stereocenters. The summed E-state index contributed by atoms with van der Waals surface area (Å²) in [5.41, 5.74) is 1.02. The van der Waals surface area contributed by atoms with Crippen LogP contribution in [-0.4, -0.2) is 36.1 Å². The zero-order chi connectivity index (χ0) is 16.1. The highest BCUT2D eigenvalue weighted by Crippen LogP contribution is 2.23. The normalized spacial score (nSPS) is 17.5. The van der Waals surface area contributed by atoms with Gasteiger partial charge in [0.15, 0.2) is 0 Å². The zero-order valence-electron chi connectivity index (χ0n) is 12.5. The van der Waals surface area contributed by atoms with E-state index in [1.165, 1.54) is 11.3 Å². The van der Waals surface area contributed by atoms with Crippen molar-refractivity contribution < 1.29 is 14.3 Å². The maximum Gasteiger partial charge on any atom is 0.263 e. The van der Waals surface area contributed by atoms with Gasteiger partial charge in [-0.25, -0.2) is 0 Å². The van der Waals surface area contributed by atoms with Crippen LogP contribution in [0.3, 0.4) is 0 Å². The van der Waals surface area contributed by atoms with Crippen molar-refractivity contribution in [2.75, 3.05) is 18.5 Å². The third-order valence-electron chi connectivity index (χ3n) is 3.56. The monoisotopic (exact) mass is 331 g/mol. The van der Waals surface area contributed by atoms with E-state index in [1.807, 2.05) is 0 Å². The van der Waals surface area contributed by atoms with Crippen molar-refractivity contribution in [1.82, 2.24) is 10.3 Å². The highest BCUT2D eigenvalue weighted by Gasteiger charge is 2.21. The fourth-order valence-electron chi connectivity index (χ4n) is 2.39. The van der Waals surface area contributed by atoms with Crippen LogP contribution in [0.1, 0.15) is 32.9 Å². The molecule has 0 radical (unpaired) electrons. The van der Waals surface area contributed by atoms with Crippen LogP contribution in [0.15, 0.2) is 36.0 Å². The number of nitrogens with one attached hydrogen (secondary N) is 2. The second kappa shape index (κ2) is 7.34. The molecule has 0 spiro atoms. The van der Waals surface area contributed by atoms with Crippen LogP contribution < -0.4 is 10.6 Å². The lowest BCUT2D eigenvalue weighted by Gasteiger charge is -2.23. The fourth-order valence-corrected chi connectivity index (χ4v) is 3.14. The molecule has 23 heavy (non-hydrogen) atoms. The molecule has 1 fully saturated rings. The van der Waals surface area contributed by atoms with E-state index in [0.717, 1.165) is 19.4 Å². The molecule has 1 aliphatic rings. The lowest BCUT2D eigenvalue weighted by atomic mass is 10.1. The minimum atomic E-state index is -0.263. The van der Waals surface area contributed by atoms with Gasteiger partial charge in [-0.1, -0.05) is 0 Å². The van der Waals surface area contributed by atoms with Crippen LogP contribution in [0.2, 0.25) is 0 Å². The van der Waals surface area contributed by atoms with Gasteiger partial charge in [-0.15, -0.1) is 11.3 Å². The SMILES string of the molecule is O=C(Nc1ccsc1C(=O)NC1CCCOC1)c1ccncc1. The summed E-state index contributed by atoms with van der Waals surface area (Å²) in [6.07, 6.45) is 4.97. The Hall–Kier alpha value is -2.25. The summed E-state index contributed by atoms with van der Waals surface area (Å²) in [6.45, 7) is 1.29. The molecule has 0 aromatic carbocycles. The van der Waals surface area contributed by atoms with E-state index in [4.69, 9.17) is 4.74 Å². The predicted molar refractivity (Wildman–Crippen MR) is 87.8 cm³/mol. The minimum Gasteiger partial charge on any atom is -0.379 e. The Morgan fingerprint density at radius 2 is 2.04 bits per heavy atom. The molecule has 0 bridgehead atoms. The van der Waals surface area contributed by atoms with Crippen LogP contribution in [0, 0.1) is 0 Å². The van der Waals surface area contributed by atoms with Crippen LogP contribution in [0.4, 0.5) is 5.69 Å². The topological polar surface area (TPSA) is 80.3 Å². The van der Waals surface area contributed by atoms with Gasteiger partial charge >= 0.3 is 0 Å². The number of nitrogens with zero attached hydrogens (tertiary/aromatic N) is 1. The number of aromatic nitrogens is 1. The summed E-state index contributed by atoms with van der Waals surface area (Å²) in [4.78, 5) is 29.0. The minimum absolute atomic E-state index is 0.0297. The number of carbonyl (C=O) groups excluding carboxylic acids is 2. The summed E-state index contributed by atoms with van der Waals surface area (Å²) in [5, 5.41) is 7.52. The van der Waals surface area contributed by atoms with Crippen LogP contribution in [0.25, 0.3) is 0 Å². The van der Waals surface area contributed by atoms with Gasteiger partial charge in [0.1, 0.15) is 4.88 Å². The van der Waals surface area contributed by atoms with Gasteiger partial charge in [-0.05, 0) is 36.4 Å². The molecule has 0 saturated carbocycles. The third-order valence-corrected chi connectivity index (χ3v) is 4.47. The van der Waals surface area contributed by atoms with E-state index in [-0.39, 0.29) is 17.9 Å². The maximum atomic E-state index is 12.4. The van der Waals surface area contributed by atoms with Gasteiger partial charge in [-0.2, -0.15) is 0 Å². The first-order valence-electron chi connectivity index (χ1n) is 7.41. The highest BCUT2D eigenvalue weighted by atomic mass is 32.1. The number of hydrogen-bond donors (Lipinski definition) is 2. The number of anilines is 1. The van der Waals surface area contributed by atoms with Gasteiger partial charge < -0.3 is 15.4 Å². The van der Waals surface area contributed by atoms with Gasteiger partial charge in [0.05, 0.1) is 18.3 Å². The van der Waals surface area contributed by atoms with Crippen LogP contribution in [-0.2, 0) is 4.74 Å². The van der Waals surface area contributed by atoms with Crippen molar-refractivity contribution in [3.8, 4) is 0 Å². The standard InChI is InChI=1S/C16H17N3O3S/c20-15(11-3-6-17-7-4-11)19-13-5-9-23-14(13)16(21)18-12-2-1-8-22-10-12/h3-7,9,12H,1-2,8,10H2,(H,18,21)(H,19,20). The third kappa shape index (κ3) is 3.94. The fraction of sp³-hybridized carbons (Fsp3) is 0.312. The van der Waals surface area contributed by atoms with E-state index in [9.17, 15) is 9.59 Å². The zero-order valence-corrected chi connectivity index (χ0v) is 13.3. The highest BCUT2D eigenvalue weighted by molar-refractivity contribution is 7.12. The number of amides is 2. The number of ether oxygens (including phenoxy) is 1. The molecule has 6 nitrogen and oxygen atoms in total. The second-order valence-corrected chi connectivity index (χ2v) is 6.16. The molecule has 1 saturated heterocycles. The van der Waals surface area contributed by atoms with Crippen molar-refractivity contribution >= 4 is 28.8 Å². The lowest BCUT2D eigenvalue weighted by Crippen LogP contribution is -2.40. The molecule has 3 heterocycles. The first-order chi connectivity index (χ1) is 11.2. The molecular weight excluding hydrogens is 314 g/mol. The van der Waals surface area contributed by atoms with Crippen LogP contribution in [0.5, 0.6) is 0 Å². The first-order valence-corrected chi connectivity index (χ1v) is 8.29. The number of hydrogen-bond acceptors (Lipinski definition) is 5. The number of rotatable bonds is 4. The first kappa shape index (κ1) is 15.6. The Morgan fingerprint density at radius 3 is 2.78 bits per heavy atom. The molecule has 2 aromatic heterocycles. The Kier molecular flexibility index (Phi) is 4.99. The molecule has 7 heteroatoms. The van der Waals surface area contributed by atoms with E-state index < -0.39 is 0 Å². The average Bonchev–Trinajstić information content (AvgIpc) is 3.05. The summed E-state index contributed by atoms with van der Waals surface area (Å²) in [7, 11) is 0. The quantitative estimate of drug-likeness (QED) is 0.901. The summed E-state index contributed by atoms with van der Waals surface area (Å²) in [6, 6.07) is 5.01. The molecule has 1 aliphatic heterocycles. The van der Waals surface area contributed by atoms with Crippen molar-refractivity contribution in [3.05, 3.63) is 46.4 Å². The van der Waals surface area contributed by atoms with Crippen molar-refractivity contribution in [2.24, 2.45) is 0 Å². The molecule has 120 valence electrons. The van der Waals surface area contributed by atoms with Gasteiger partial charge in [0.25, 0.3) is 11.8 Å². The lowest BCUT2D eigenvalue weighted by molar-refractivity contribution is 0.0626.